The Morgan fingerprint density at radius 1 is 1.15 bits per heavy atom. The van der Waals surface area contributed by atoms with Crippen LogP contribution < -0.4 is 0 Å². The number of carboxylic acids is 1. The van der Waals surface area contributed by atoms with Crippen molar-refractivity contribution in [3.05, 3.63) is 35.9 Å². The van der Waals surface area contributed by atoms with Crippen LogP contribution in [0.2, 0.25) is 0 Å². The Morgan fingerprint density at radius 3 is 2.15 bits per heavy atom. The van der Waals surface area contributed by atoms with Gasteiger partial charge in [-0.05, 0) is 12.0 Å². The number of benzene rings is 1. The van der Waals surface area contributed by atoms with E-state index in [9.17, 15) is 4.79 Å². The zero-order valence-electron chi connectivity index (χ0n) is 7.16. The summed E-state index contributed by atoms with van der Waals surface area (Å²) in [5.74, 6) is -0.742. The van der Waals surface area contributed by atoms with Gasteiger partial charge in [0.1, 0.15) is 0 Å². The highest BCUT2D eigenvalue weighted by Crippen LogP contribution is 2.01. The minimum Gasteiger partial charge on any atom is -0.481 e. The monoisotopic (exact) mass is 218 g/mol. The van der Waals surface area contributed by atoms with Gasteiger partial charge in [-0.3, -0.25) is 4.79 Å². The quantitative estimate of drug-likeness (QED) is 0.841. The molecular formula is C9H14O2S2. The van der Waals surface area contributed by atoms with E-state index in [1.54, 1.807) is 0 Å². The average Bonchev–Trinajstić information content (AvgIpc) is 2.03. The first-order valence-electron chi connectivity index (χ1n) is 3.55. The molecular weight excluding hydrogens is 204 g/mol. The molecule has 1 aromatic carbocycles. The molecule has 13 heavy (non-hydrogen) atoms. The van der Waals surface area contributed by atoms with Gasteiger partial charge in [-0.2, -0.15) is 27.0 Å². The van der Waals surface area contributed by atoms with Crippen molar-refractivity contribution in [1.29, 1.82) is 0 Å². The highest BCUT2D eigenvalue weighted by molar-refractivity contribution is 7.59. The summed E-state index contributed by atoms with van der Waals surface area (Å²) < 4.78 is 0. The van der Waals surface area contributed by atoms with Gasteiger partial charge >= 0.3 is 5.97 Å². The van der Waals surface area contributed by atoms with Crippen LogP contribution in [0, 0.1) is 0 Å². The van der Waals surface area contributed by atoms with Crippen molar-refractivity contribution in [2.45, 2.75) is 12.8 Å². The molecule has 2 nitrogen and oxygen atoms in total. The van der Waals surface area contributed by atoms with Gasteiger partial charge in [-0.25, -0.2) is 0 Å². The largest absolute Gasteiger partial charge is 0.481 e. The molecule has 0 bridgehead atoms. The van der Waals surface area contributed by atoms with E-state index in [0.717, 1.165) is 5.56 Å². The van der Waals surface area contributed by atoms with E-state index in [2.05, 4.69) is 0 Å². The smallest absolute Gasteiger partial charge is 0.303 e. The first-order valence-corrected chi connectivity index (χ1v) is 3.55. The lowest BCUT2D eigenvalue weighted by atomic mass is 10.1. The second-order valence-corrected chi connectivity index (χ2v) is 2.38. The highest BCUT2D eigenvalue weighted by Gasteiger charge is 1.96. The standard InChI is InChI=1S/C9H10O2.2H2S/c10-9(11)7-6-8-4-2-1-3-5-8;;/h1-5H,6-7H2,(H,10,11);2*1H2. The summed E-state index contributed by atoms with van der Waals surface area (Å²) in [7, 11) is 0. The second kappa shape index (κ2) is 8.01. The zero-order chi connectivity index (χ0) is 8.10. The topological polar surface area (TPSA) is 37.3 Å². The maximum Gasteiger partial charge on any atom is 0.303 e. The molecule has 0 radical (unpaired) electrons. The number of rotatable bonds is 3. The van der Waals surface area contributed by atoms with E-state index in [0.29, 0.717) is 6.42 Å². The van der Waals surface area contributed by atoms with Crippen molar-refractivity contribution in [3.8, 4) is 0 Å². The minimum atomic E-state index is -0.742. The van der Waals surface area contributed by atoms with Crippen LogP contribution in [0.25, 0.3) is 0 Å². The molecule has 0 atom stereocenters. The average molecular weight is 218 g/mol. The lowest BCUT2D eigenvalue weighted by Crippen LogP contribution is -1.96. The second-order valence-electron chi connectivity index (χ2n) is 2.38. The molecule has 0 heterocycles. The third kappa shape index (κ3) is 6.54. The fraction of sp³-hybridized carbons (Fsp3) is 0.222. The van der Waals surface area contributed by atoms with Crippen LogP contribution in [0.4, 0.5) is 0 Å². The van der Waals surface area contributed by atoms with Crippen LogP contribution in [-0.2, 0) is 11.2 Å². The van der Waals surface area contributed by atoms with Crippen LogP contribution in [-0.4, -0.2) is 11.1 Å². The fourth-order valence-corrected chi connectivity index (χ4v) is 0.896. The van der Waals surface area contributed by atoms with E-state index in [4.69, 9.17) is 5.11 Å². The first kappa shape index (κ1) is 14.9. The highest BCUT2D eigenvalue weighted by atomic mass is 32.1. The molecule has 1 aromatic rings. The summed E-state index contributed by atoms with van der Waals surface area (Å²) in [6, 6.07) is 9.62. The number of carboxylic acid groups (broad SMARTS) is 1. The Balaban J connectivity index is 0. The van der Waals surface area contributed by atoms with E-state index in [1.165, 1.54) is 0 Å². The number of carbonyl (C=O) groups is 1. The normalized spacial score (nSPS) is 8.00. The van der Waals surface area contributed by atoms with E-state index >= 15 is 0 Å². The van der Waals surface area contributed by atoms with Crippen LogP contribution in [0.15, 0.2) is 30.3 Å². The molecule has 0 aliphatic rings. The van der Waals surface area contributed by atoms with Gasteiger partial charge in [0.2, 0.25) is 0 Å². The van der Waals surface area contributed by atoms with Gasteiger partial charge in [-0.1, -0.05) is 30.3 Å². The Hall–Kier alpha value is -0.610. The SMILES string of the molecule is O=C(O)CCc1ccccc1.S.S. The molecule has 0 aromatic heterocycles. The molecule has 0 amide bonds. The van der Waals surface area contributed by atoms with Crippen molar-refractivity contribution < 1.29 is 9.90 Å². The van der Waals surface area contributed by atoms with Gasteiger partial charge in [0, 0.05) is 6.42 Å². The maximum atomic E-state index is 10.2. The molecule has 0 fully saturated rings. The van der Waals surface area contributed by atoms with Gasteiger partial charge in [0.25, 0.3) is 0 Å². The molecule has 0 aliphatic carbocycles. The van der Waals surface area contributed by atoms with Crippen LogP contribution in [0.3, 0.4) is 0 Å². The van der Waals surface area contributed by atoms with Crippen molar-refractivity contribution in [3.63, 3.8) is 0 Å². The van der Waals surface area contributed by atoms with Gasteiger partial charge in [0.15, 0.2) is 0 Å². The third-order valence-electron chi connectivity index (χ3n) is 1.47. The molecule has 0 spiro atoms. The van der Waals surface area contributed by atoms with Crippen LogP contribution >= 0.6 is 27.0 Å². The fourth-order valence-electron chi connectivity index (χ4n) is 0.896. The Morgan fingerprint density at radius 2 is 1.69 bits per heavy atom. The van der Waals surface area contributed by atoms with Crippen LogP contribution in [0.1, 0.15) is 12.0 Å². The molecule has 0 saturated carbocycles. The van der Waals surface area contributed by atoms with Crippen molar-refractivity contribution in [1.82, 2.24) is 0 Å². The molecule has 1 N–H and O–H groups in total. The van der Waals surface area contributed by atoms with E-state index < -0.39 is 5.97 Å². The van der Waals surface area contributed by atoms with Crippen molar-refractivity contribution in [2.24, 2.45) is 0 Å². The molecule has 0 aliphatic heterocycles. The summed E-state index contributed by atoms with van der Waals surface area (Å²) in [6.07, 6.45) is 0.834. The molecule has 74 valence electrons. The summed E-state index contributed by atoms with van der Waals surface area (Å²) >= 11 is 0. The van der Waals surface area contributed by atoms with Crippen molar-refractivity contribution in [2.75, 3.05) is 0 Å². The Labute approximate surface area is 91.9 Å². The minimum absolute atomic E-state index is 0. The van der Waals surface area contributed by atoms with Gasteiger partial charge in [-0.15, -0.1) is 0 Å². The van der Waals surface area contributed by atoms with Crippen molar-refractivity contribution >= 4 is 33.0 Å². The number of hydrogen-bond acceptors (Lipinski definition) is 1. The molecule has 1 rings (SSSR count). The Kier molecular flexibility index (Phi) is 9.17. The molecule has 0 unspecified atom stereocenters. The number of aryl methyl sites for hydroxylation is 1. The lowest BCUT2D eigenvalue weighted by molar-refractivity contribution is -0.136. The number of aliphatic carboxylic acids is 1. The third-order valence-corrected chi connectivity index (χ3v) is 1.47. The first-order chi connectivity index (χ1) is 5.29. The number of hydrogen-bond donors (Lipinski definition) is 1. The Bertz CT molecular complexity index is 237. The lowest BCUT2D eigenvalue weighted by Gasteiger charge is -1.95. The predicted octanol–water partition coefficient (Wildman–Crippen LogP) is 1.93. The molecule has 4 heteroatoms. The summed E-state index contributed by atoms with van der Waals surface area (Å²) in [4.78, 5) is 10.2. The van der Waals surface area contributed by atoms with Gasteiger partial charge < -0.3 is 5.11 Å². The van der Waals surface area contributed by atoms with E-state index in [1.807, 2.05) is 30.3 Å². The van der Waals surface area contributed by atoms with Crippen LogP contribution in [0.5, 0.6) is 0 Å². The molecule has 0 saturated heterocycles. The summed E-state index contributed by atoms with van der Waals surface area (Å²) in [5, 5.41) is 8.37. The predicted molar refractivity (Wildman–Crippen MR) is 63.2 cm³/mol. The zero-order valence-corrected chi connectivity index (χ0v) is 9.16. The van der Waals surface area contributed by atoms with E-state index in [-0.39, 0.29) is 33.4 Å². The van der Waals surface area contributed by atoms with Gasteiger partial charge in [0.05, 0.1) is 0 Å². The maximum absolute atomic E-state index is 10.2. The summed E-state index contributed by atoms with van der Waals surface area (Å²) in [5.41, 5.74) is 1.08. The summed E-state index contributed by atoms with van der Waals surface area (Å²) in [6.45, 7) is 0.